The van der Waals surface area contributed by atoms with Crippen LogP contribution in [0, 0.1) is 11.7 Å². The number of esters is 1. The average molecular weight is 483 g/mol. The van der Waals surface area contributed by atoms with E-state index in [9.17, 15) is 4.79 Å². The molecule has 4 rings (SSSR count). The molecule has 1 aliphatic heterocycles. The zero-order valence-corrected chi connectivity index (χ0v) is 21.1. The fourth-order valence-electron chi connectivity index (χ4n) is 5.79. The molecular weight excluding hydrogens is 443 g/mol. The maximum absolute atomic E-state index is 15.0. The number of nitrogens with zero attached hydrogens (tertiary/aromatic N) is 2. The molecule has 0 aromatic heterocycles. The predicted octanol–water partition coefficient (Wildman–Crippen LogP) is 5.64. The Labute approximate surface area is 209 Å². The highest BCUT2D eigenvalue weighted by Gasteiger charge is 2.35. The van der Waals surface area contributed by atoms with Gasteiger partial charge in [-0.1, -0.05) is 43.5 Å². The van der Waals surface area contributed by atoms with Crippen molar-refractivity contribution in [3.63, 3.8) is 0 Å². The van der Waals surface area contributed by atoms with Crippen LogP contribution < -0.4 is 9.64 Å². The number of piperazine rings is 1. The molecule has 1 aliphatic carbocycles. The minimum absolute atomic E-state index is 0.139. The molecule has 1 heterocycles. The first-order chi connectivity index (χ1) is 17.0. The van der Waals surface area contributed by atoms with E-state index < -0.39 is 0 Å². The summed E-state index contributed by atoms with van der Waals surface area (Å²) in [5, 5.41) is 0. The van der Waals surface area contributed by atoms with Crippen LogP contribution in [-0.2, 0) is 9.53 Å². The van der Waals surface area contributed by atoms with Crippen LogP contribution in [0.5, 0.6) is 5.75 Å². The molecular formula is C29H39FN2O3. The van der Waals surface area contributed by atoms with Crippen molar-refractivity contribution in [3.05, 3.63) is 59.9 Å². The molecule has 190 valence electrons. The molecule has 0 radical (unpaired) electrons. The predicted molar refractivity (Wildman–Crippen MR) is 138 cm³/mol. The lowest BCUT2D eigenvalue weighted by Gasteiger charge is -2.39. The molecule has 2 atom stereocenters. The first-order valence-electron chi connectivity index (χ1n) is 13.1. The molecule has 2 aromatic carbocycles. The smallest absolute Gasteiger partial charge is 0.302 e. The summed E-state index contributed by atoms with van der Waals surface area (Å²) in [7, 11) is 1.69. The SMILES string of the molecule is COc1cccc(N2CCN(CCC(c3ccccc3F)C(OC(C)=O)C3CCCCC3)CC2)c1. The molecule has 0 N–H and O–H groups in total. The minimum atomic E-state index is -0.275. The van der Waals surface area contributed by atoms with Crippen LogP contribution in [-0.4, -0.2) is 56.8 Å². The Balaban J connectivity index is 1.44. The van der Waals surface area contributed by atoms with Crippen LogP contribution in [0.1, 0.15) is 56.9 Å². The summed E-state index contributed by atoms with van der Waals surface area (Å²) in [6, 6.07) is 15.2. The summed E-state index contributed by atoms with van der Waals surface area (Å²) in [4.78, 5) is 16.9. The average Bonchev–Trinajstić information content (AvgIpc) is 2.89. The van der Waals surface area contributed by atoms with Gasteiger partial charge in [-0.15, -0.1) is 0 Å². The summed E-state index contributed by atoms with van der Waals surface area (Å²) < 4.78 is 26.3. The quantitative estimate of drug-likeness (QED) is 0.433. The fourth-order valence-corrected chi connectivity index (χ4v) is 5.79. The van der Waals surface area contributed by atoms with Gasteiger partial charge in [0.1, 0.15) is 17.7 Å². The van der Waals surface area contributed by atoms with Crippen molar-refractivity contribution in [1.29, 1.82) is 0 Å². The minimum Gasteiger partial charge on any atom is -0.497 e. The van der Waals surface area contributed by atoms with E-state index in [1.165, 1.54) is 25.1 Å². The number of carbonyl (C=O) groups is 1. The van der Waals surface area contributed by atoms with E-state index in [2.05, 4.69) is 21.9 Å². The second kappa shape index (κ2) is 12.4. The highest BCUT2D eigenvalue weighted by atomic mass is 19.1. The van der Waals surface area contributed by atoms with Crippen molar-refractivity contribution in [3.8, 4) is 5.75 Å². The maximum Gasteiger partial charge on any atom is 0.302 e. The largest absolute Gasteiger partial charge is 0.497 e. The third-order valence-electron chi connectivity index (χ3n) is 7.66. The summed E-state index contributed by atoms with van der Waals surface area (Å²) in [6.07, 6.45) is 6.11. The number of methoxy groups -OCH3 is 1. The van der Waals surface area contributed by atoms with Crippen molar-refractivity contribution >= 4 is 11.7 Å². The first-order valence-corrected chi connectivity index (χ1v) is 13.1. The molecule has 5 nitrogen and oxygen atoms in total. The van der Waals surface area contributed by atoms with Gasteiger partial charge in [0.2, 0.25) is 0 Å². The number of anilines is 1. The van der Waals surface area contributed by atoms with Gasteiger partial charge in [-0.05, 0) is 55.5 Å². The summed E-state index contributed by atoms with van der Waals surface area (Å²) in [5.74, 6) is 0.556. The number of rotatable bonds is 9. The van der Waals surface area contributed by atoms with Crippen LogP contribution >= 0.6 is 0 Å². The number of benzene rings is 2. The van der Waals surface area contributed by atoms with Gasteiger partial charge in [-0.2, -0.15) is 0 Å². The van der Waals surface area contributed by atoms with Crippen molar-refractivity contribution < 1.29 is 18.7 Å². The Kier molecular flexibility index (Phi) is 9.02. The van der Waals surface area contributed by atoms with Crippen molar-refractivity contribution in [2.45, 2.75) is 57.5 Å². The zero-order chi connectivity index (χ0) is 24.6. The molecule has 2 aromatic rings. The molecule has 0 spiro atoms. The fraction of sp³-hybridized carbons (Fsp3) is 0.552. The number of halogens is 1. The molecule has 0 amide bonds. The van der Waals surface area contributed by atoms with E-state index >= 15 is 4.39 Å². The van der Waals surface area contributed by atoms with Crippen LogP contribution in [0.25, 0.3) is 0 Å². The van der Waals surface area contributed by atoms with Crippen molar-refractivity contribution in [2.24, 2.45) is 5.92 Å². The Morgan fingerprint density at radius 2 is 1.77 bits per heavy atom. The van der Waals surface area contributed by atoms with Crippen LogP contribution in [0.3, 0.4) is 0 Å². The van der Waals surface area contributed by atoms with Gasteiger partial charge in [0.05, 0.1) is 7.11 Å². The van der Waals surface area contributed by atoms with Gasteiger partial charge in [-0.25, -0.2) is 4.39 Å². The van der Waals surface area contributed by atoms with Crippen LogP contribution in [0.15, 0.2) is 48.5 Å². The Morgan fingerprint density at radius 3 is 2.46 bits per heavy atom. The van der Waals surface area contributed by atoms with Gasteiger partial charge in [-0.3, -0.25) is 9.69 Å². The molecule has 35 heavy (non-hydrogen) atoms. The third kappa shape index (κ3) is 6.75. The van der Waals surface area contributed by atoms with Gasteiger partial charge < -0.3 is 14.4 Å². The van der Waals surface area contributed by atoms with Crippen molar-refractivity contribution in [2.75, 3.05) is 44.7 Å². The van der Waals surface area contributed by atoms with Crippen molar-refractivity contribution in [1.82, 2.24) is 4.90 Å². The van der Waals surface area contributed by atoms with E-state index in [1.54, 1.807) is 13.2 Å². The van der Waals surface area contributed by atoms with Crippen LogP contribution in [0.2, 0.25) is 0 Å². The van der Waals surface area contributed by atoms with Gasteiger partial charge in [0, 0.05) is 50.8 Å². The lowest BCUT2D eigenvalue weighted by molar-refractivity contribution is -0.151. The second-order valence-corrected chi connectivity index (χ2v) is 9.92. The monoisotopic (exact) mass is 482 g/mol. The Morgan fingerprint density at radius 1 is 1.03 bits per heavy atom. The zero-order valence-electron chi connectivity index (χ0n) is 21.1. The molecule has 2 unspecified atom stereocenters. The van der Waals surface area contributed by atoms with Crippen LogP contribution in [0.4, 0.5) is 10.1 Å². The third-order valence-corrected chi connectivity index (χ3v) is 7.66. The highest BCUT2D eigenvalue weighted by molar-refractivity contribution is 5.66. The van der Waals surface area contributed by atoms with Gasteiger partial charge in [0.15, 0.2) is 0 Å². The number of hydrogen-bond donors (Lipinski definition) is 0. The number of carbonyl (C=O) groups excluding carboxylic acids is 1. The van der Waals surface area contributed by atoms with E-state index in [4.69, 9.17) is 9.47 Å². The maximum atomic E-state index is 15.0. The summed E-state index contributed by atoms with van der Waals surface area (Å²) in [6.45, 7) is 6.11. The Hall–Kier alpha value is -2.60. The van der Waals surface area contributed by atoms with E-state index in [0.717, 1.165) is 70.6 Å². The number of ether oxygens (including phenoxy) is 2. The first kappa shape index (κ1) is 25.5. The lowest BCUT2D eigenvalue weighted by atomic mass is 9.76. The van der Waals surface area contributed by atoms with Gasteiger partial charge in [0.25, 0.3) is 0 Å². The number of hydrogen-bond acceptors (Lipinski definition) is 5. The summed E-state index contributed by atoms with van der Waals surface area (Å²) in [5.41, 5.74) is 1.86. The second-order valence-electron chi connectivity index (χ2n) is 9.92. The summed E-state index contributed by atoms with van der Waals surface area (Å²) >= 11 is 0. The Bertz CT molecular complexity index is 954. The molecule has 1 saturated carbocycles. The molecule has 6 heteroatoms. The van der Waals surface area contributed by atoms with E-state index in [-0.39, 0.29) is 23.8 Å². The normalized spacial score (nSPS) is 19.2. The molecule has 0 bridgehead atoms. The molecule has 1 saturated heterocycles. The van der Waals surface area contributed by atoms with E-state index in [0.29, 0.717) is 11.5 Å². The lowest BCUT2D eigenvalue weighted by Crippen LogP contribution is -2.47. The highest BCUT2D eigenvalue weighted by Crippen LogP contribution is 2.38. The topological polar surface area (TPSA) is 42.0 Å². The van der Waals surface area contributed by atoms with E-state index in [1.807, 2.05) is 24.3 Å². The molecule has 2 aliphatic rings. The van der Waals surface area contributed by atoms with Gasteiger partial charge >= 0.3 is 5.97 Å². The standard InChI is InChI=1S/C29H39FN2O3/c1-22(33)35-29(23-9-4-3-5-10-23)27(26-13-6-7-14-28(26)30)15-16-31-17-19-32(20-18-31)24-11-8-12-25(21-24)34-2/h6-8,11-14,21,23,27,29H,3-5,9-10,15-20H2,1-2H3. The molecule has 2 fully saturated rings.